The monoisotopic (exact) mass is 239 g/mol. The highest BCUT2D eigenvalue weighted by atomic mass is 32.1. The van der Waals surface area contributed by atoms with E-state index in [-0.39, 0.29) is 0 Å². The number of hydrogen-bond donors (Lipinski definition) is 2. The zero-order valence-electron chi connectivity index (χ0n) is 10.1. The summed E-state index contributed by atoms with van der Waals surface area (Å²) in [7, 11) is 0. The van der Waals surface area contributed by atoms with Gasteiger partial charge < -0.3 is 10.4 Å². The van der Waals surface area contributed by atoms with Crippen molar-refractivity contribution in [3.05, 3.63) is 22.4 Å². The number of hydrogen-bond acceptors (Lipinski definition) is 3. The maximum atomic E-state index is 10.0. The SMILES string of the molecule is CCC(C)(O)CNC(c1cccs1)C1CC1. The summed E-state index contributed by atoms with van der Waals surface area (Å²) >= 11 is 1.81. The fraction of sp³-hybridized carbons (Fsp3) is 0.692. The second kappa shape index (κ2) is 4.86. The summed E-state index contributed by atoms with van der Waals surface area (Å²) in [6.45, 7) is 4.61. The molecule has 1 heterocycles. The zero-order chi connectivity index (χ0) is 11.6. The Morgan fingerprint density at radius 1 is 1.62 bits per heavy atom. The Hall–Kier alpha value is -0.380. The Morgan fingerprint density at radius 3 is 2.88 bits per heavy atom. The van der Waals surface area contributed by atoms with Gasteiger partial charge in [-0.2, -0.15) is 0 Å². The molecular weight excluding hydrogens is 218 g/mol. The van der Waals surface area contributed by atoms with Crippen LogP contribution < -0.4 is 5.32 Å². The molecule has 1 aromatic rings. The van der Waals surface area contributed by atoms with Gasteiger partial charge in [-0.15, -0.1) is 11.3 Å². The quantitative estimate of drug-likeness (QED) is 0.800. The summed E-state index contributed by atoms with van der Waals surface area (Å²) in [6.07, 6.45) is 3.44. The molecule has 1 fully saturated rings. The van der Waals surface area contributed by atoms with Crippen LogP contribution in [0.4, 0.5) is 0 Å². The molecule has 0 saturated heterocycles. The molecule has 2 atom stereocenters. The molecule has 2 unspecified atom stereocenters. The van der Waals surface area contributed by atoms with Crippen molar-refractivity contribution in [1.82, 2.24) is 5.32 Å². The van der Waals surface area contributed by atoms with E-state index in [1.54, 1.807) is 0 Å². The van der Waals surface area contributed by atoms with Crippen LogP contribution in [-0.4, -0.2) is 17.3 Å². The molecule has 0 aromatic carbocycles. The first-order valence-electron chi connectivity index (χ1n) is 6.11. The topological polar surface area (TPSA) is 32.3 Å². The van der Waals surface area contributed by atoms with Crippen LogP contribution in [0.25, 0.3) is 0 Å². The second-order valence-corrected chi connectivity index (χ2v) is 6.04. The number of rotatable bonds is 6. The standard InChI is InChI=1S/C13H21NOS/c1-3-13(2,15)9-14-12(10-6-7-10)11-5-4-8-16-11/h4-5,8,10,12,14-15H,3,6-7,9H2,1-2H3. The van der Waals surface area contributed by atoms with E-state index in [0.29, 0.717) is 12.6 Å². The van der Waals surface area contributed by atoms with Crippen molar-refractivity contribution in [1.29, 1.82) is 0 Å². The molecule has 0 radical (unpaired) electrons. The van der Waals surface area contributed by atoms with Gasteiger partial charge in [0.05, 0.1) is 5.60 Å². The summed E-state index contributed by atoms with van der Waals surface area (Å²) in [6, 6.07) is 4.76. The highest BCUT2D eigenvalue weighted by molar-refractivity contribution is 7.10. The molecular formula is C13H21NOS. The molecule has 0 spiro atoms. The maximum Gasteiger partial charge on any atom is 0.0741 e. The molecule has 1 aliphatic rings. The highest BCUT2D eigenvalue weighted by Crippen LogP contribution is 2.42. The summed E-state index contributed by atoms with van der Waals surface area (Å²) in [5, 5.41) is 15.7. The van der Waals surface area contributed by atoms with Gasteiger partial charge in [-0.25, -0.2) is 0 Å². The van der Waals surface area contributed by atoms with Gasteiger partial charge in [-0.3, -0.25) is 0 Å². The van der Waals surface area contributed by atoms with E-state index in [1.807, 2.05) is 25.2 Å². The van der Waals surface area contributed by atoms with Gasteiger partial charge in [0, 0.05) is 17.5 Å². The molecule has 16 heavy (non-hydrogen) atoms. The van der Waals surface area contributed by atoms with Crippen LogP contribution in [0.2, 0.25) is 0 Å². The van der Waals surface area contributed by atoms with Crippen LogP contribution in [0.1, 0.15) is 44.0 Å². The lowest BCUT2D eigenvalue weighted by molar-refractivity contribution is 0.0521. The number of aliphatic hydroxyl groups is 1. The molecule has 2 N–H and O–H groups in total. The predicted molar refractivity (Wildman–Crippen MR) is 68.7 cm³/mol. The predicted octanol–water partition coefficient (Wildman–Crippen LogP) is 2.95. The van der Waals surface area contributed by atoms with Crippen molar-refractivity contribution < 1.29 is 5.11 Å². The van der Waals surface area contributed by atoms with Crippen molar-refractivity contribution in [3.8, 4) is 0 Å². The van der Waals surface area contributed by atoms with Crippen molar-refractivity contribution in [2.45, 2.75) is 44.8 Å². The van der Waals surface area contributed by atoms with E-state index in [0.717, 1.165) is 12.3 Å². The van der Waals surface area contributed by atoms with Crippen molar-refractivity contribution in [3.63, 3.8) is 0 Å². The molecule has 2 rings (SSSR count). The summed E-state index contributed by atoms with van der Waals surface area (Å²) in [5.41, 5.74) is -0.579. The summed E-state index contributed by atoms with van der Waals surface area (Å²) < 4.78 is 0. The smallest absolute Gasteiger partial charge is 0.0741 e. The molecule has 2 nitrogen and oxygen atoms in total. The summed E-state index contributed by atoms with van der Waals surface area (Å²) in [5.74, 6) is 0.784. The molecule has 1 aliphatic carbocycles. The van der Waals surface area contributed by atoms with Gasteiger partial charge in [-0.05, 0) is 43.6 Å². The first kappa shape index (κ1) is 12.1. The highest BCUT2D eigenvalue weighted by Gasteiger charge is 2.33. The van der Waals surface area contributed by atoms with Crippen molar-refractivity contribution >= 4 is 11.3 Å². The second-order valence-electron chi connectivity index (χ2n) is 5.06. The molecule has 0 amide bonds. The van der Waals surface area contributed by atoms with Crippen LogP contribution in [0, 0.1) is 5.92 Å². The first-order valence-corrected chi connectivity index (χ1v) is 6.99. The van der Waals surface area contributed by atoms with Crippen LogP contribution >= 0.6 is 11.3 Å². The normalized spacial score (nSPS) is 21.7. The third-order valence-corrected chi connectivity index (χ3v) is 4.36. The molecule has 0 aliphatic heterocycles. The molecule has 1 saturated carbocycles. The van der Waals surface area contributed by atoms with Gasteiger partial charge in [0.2, 0.25) is 0 Å². The minimum absolute atomic E-state index is 0.457. The Labute approximate surface area is 102 Å². The van der Waals surface area contributed by atoms with Crippen LogP contribution in [0.15, 0.2) is 17.5 Å². The third kappa shape index (κ3) is 3.06. The molecule has 0 bridgehead atoms. The van der Waals surface area contributed by atoms with Crippen molar-refractivity contribution in [2.24, 2.45) is 5.92 Å². The van der Waals surface area contributed by atoms with Crippen molar-refractivity contribution in [2.75, 3.05) is 6.54 Å². The molecule has 1 aromatic heterocycles. The zero-order valence-corrected chi connectivity index (χ0v) is 10.9. The van der Waals surface area contributed by atoms with Crippen LogP contribution in [0.3, 0.4) is 0 Å². The Morgan fingerprint density at radius 2 is 2.38 bits per heavy atom. The minimum atomic E-state index is -0.579. The van der Waals surface area contributed by atoms with Gasteiger partial charge >= 0.3 is 0 Å². The van der Waals surface area contributed by atoms with Crippen LogP contribution in [-0.2, 0) is 0 Å². The lowest BCUT2D eigenvalue weighted by Crippen LogP contribution is -2.39. The van der Waals surface area contributed by atoms with E-state index in [1.165, 1.54) is 17.7 Å². The van der Waals surface area contributed by atoms with Gasteiger partial charge in [0.25, 0.3) is 0 Å². The maximum absolute atomic E-state index is 10.0. The lowest BCUT2D eigenvalue weighted by Gasteiger charge is -2.26. The fourth-order valence-electron chi connectivity index (χ4n) is 1.85. The Kier molecular flexibility index (Phi) is 3.67. The fourth-order valence-corrected chi connectivity index (χ4v) is 2.75. The first-order chi connectivity index (χ1) is 7.62. The number of nitrogens with one attached hydrogen (secondary N) is 1. The van der Waals surface area contributed by atoms with Gasteiger partial charge in [0.15, 0.2) is 0 Å². The molecule has 90 valence electrons. The number of thiophene rings is 1. The Balaban J connectivity index is 1.94. The van der Waals surface area contributed by atoms with E-state index in [2.05, 4.69) is 22.8 Å². The molecule has 3 heteroatoms. The third-order valence-electron chi connectivity index (χ3n) is 3.41. The largest absolute Gasteiger partial charge is 0.389 e. The van der Waals surface area contributed by atoms with E-state index in [9.17, 15) is 5.11 Å². The van der Waals surface area contributed by atoms with E-state index < -0.39 is 5.60 Å². The average molecular weight is 239 g/mol. The Bertz CT molecular complexity index is 317. The van der Waals surface area contributed by atoms with E-state index >= 15 is 0 Å². The minimum Gasteiger partial charge on any atom is -0.389 e. The lowest BCUT2D eigenvalue weighted by atomic mass is 10.0. The van der Waals surface area contributed by atoms with Gasteiger partial charge in [-0.1, -0.05) is 13.0 Å². The van der Waals surface area contributed by atoms with Crippen LogP contribution in [0.5, 0.6) is 0 Å². The average Bonchev–Trinajstić information content (AvgIpc) is 2.94. The van der Waals surface area contributed by atoms with Gasteiger partial charge in [0.1, 0.15) is 0 Å². The summed E-state index contributed by atoms with van der Waals surface area (Å²) in [4.78, 5) is 1.41. The van der Waals surface area contributed by atoms with E-state index in [4.69, 9.17) is 0 Å².